The quantitative estimate of drug-likeness (QED) is 0.847. The van der Waals surface area contributed by atoms with Crippen molar-refractivity contribution in [3.63, 3.8) is 0 Å². The second-order valence-corrected chi connectivity index (χ2v) is 5.79. The Morgan fingerprint density at radius 1 is 1.32 bits per heavy atom. The van der Waals surface area contributed by atoms with Gasteiger partial charge in [-0.1, -0.05) is 5.16 Å². The Kier molecular flexibility index (Phi) is 3.01. The van der Waals surface area contributed by atoms with Gasteiger partial charge in [0.1, 0.15) is 6.10 Å². The van der Waals surface area contributed by atoms with E-state index in [2.05, 4.69) is 20.4 Å². The second kappa shape index (κ2) is 4.85. The highest BCUT2D eigenvalue weighted by Gasteiger charge is 2.35. The van der Waals surface area contributed by atoms with Gasteiger partial charge in [-0.25, -0.2) is 0 Å². The van der Waals surface area contributed by atoms with Crippen molar-refractivity contribution in [2.24, 2.45) is 0 Å². The molecule has 0 aromatic carbocycles. The van der Waals surface area contributed by atoms with Crippen molar-refractivity contribution in [2.75, 3.05) is 32.8 Å². The summed E-state index contributed by atoms with van der Waals surface area (Å²) in [6.45, 7) is 4.88. The van der Waals surface area contributed by atoms with Crippen LogP contribution in [-0.2, 0) is 4.74 Å². The highest BCUT2D eigenvalue weighted by atomic mass is 16.5. The van der Waals surface area contributed by atoms with E-state index in [1.807, 2.05) is 0 Å². The van der Waals surface area contributed by atoms with Crippen LogP contribution in [-0.4, -0.2) is 53.9 Å². The van der Waals surface area contributed by atoms with E-state index in [1.165, 1.54) is 19.4 Å². The molecular formula is C13H20N4O2. The second-order valence-electron chi connectivity index (χ2n) is 5.79. The number of ether oxygens (including phenoxy) is 1. The zero-order valence-electron chi connectivity index (χ0n) is 11.0. The summed E-state index contributed by atoms with van der Waals surface area (Å²) in [6.07, 6.45) is 3.62. The van der Waals surface area contributed by atoms with Gasteiger partial charge in [0.15, 0.2) is 0 Å². The van der Waals surface area contributed by atoms with Gasteiger partial charge in [-0.15, -0.1) is 0 Å². The third-order valence-electron chi connectivity index (χ3n) is 4.54. The fraction of sp³-hybridized carbons (Fsp3) is 0.846. The van der Waals surface area contributed by atoms with E-state index in [4.69, 9.17) is 9.26 Å². The zero-order valence-corrected chi connectivity index (χ0v) is 11.0. The Hall–Kier alpha value is -0.980. The molecule has 3 saturated heterocycles. The van der Waals surface area contributed by atoms with Crippen molar-refractivity contribution in [1.82, 2.24) is 20.4 Å². The third-order valence-corrected chi connectivity index (χ3v) is 4.54. The maximum atomic E-state index is 5.91. The minimum absolute atomic E-state index is 0.0128. The standard InChI is InChI=1S/C13H20N4O2/c1-2-10-8-18-11(7-17(10)5-1)12-15-13(19-16-12)9-3-4-14-6-9/h9-11,14H,1-8H2. The number of rotatable bonds is 2. The van der Waals surface area contributed by atoms with Gasteiger partial charge < -0.3 is 14.6 Å². The van der Waals surface area contributed by atoms with Crippen LogP contribution in [0.5, 0.6) is 0 Å². The average molecular weight is 264 g/mol. The summed E-state index contributed by atoms with van der Waals surface area (Å²) in [7, 11) is 0. The lowest BCUT2D eigenvalue weighted by Gasteiger charge is -2.33. The first-order valence-corrected chi connectivity index (χ1v) is 7.30. The fourth-order valence-corrected chi connectivity index (χ4v) is 3.38. The van der Waals surface area contributed by atoms with Crippen LogP contribution >= 0.6 is 0 Å². The van der Waals surface area contributed by atoms with Crippen molar-refractivity contribution in [1.29, 1.82) is 0 Å². The molecule has 0 bridgehead atoms. The Bertz CT molecular complexity index is 444. The summed E-state index contributed by atoms with van der Waals surface area (Å²) in [5.41, 5.74) is 0. The summed E-state index contributed by atoms with van der Waals surface area (Å²) in [5, 5.41) is 7.46. The molecule has 1 N–H and O–H groups in total. The van der Waals surface area contributed by atoms with Crippen LogP contribution in [0.3, 0.4) is 0 Å². The highest BCUT2D eigenvalue weighted by molar-refractivity contribution is 5.02. The molecule has 4 heterocycles. The summed E-state index contributed by atoms with van der Waals surface area (Å²) >= 11 is 0. The largest absolute Gasteiger partial charge is 0.367 e. The molecule has 3 aliphatic rings. The molecule has 104 valence electrons. The molecule has 19 heavy (non-hydrogen) atoms. The molecule has 0 radical (unpaired) electrons. The van der Waals surface area contributed by atoms with E-state index in [0.717, 1.165) is 44.4 Å². The molecular weight excluding hydrogens is 244 g/mol. The van der Waals surface area contributed by atoms with Gasteiger partial charge in [0.2, 0.25) is 11.7 Å². The van der Waals surface area contributed by atoms with E-state index in [9.17, 15) is 0 Å². The van der Waals surface area contributed by atoms with Crippen molar-refractivity contribution >= 4 is 0 Å². The maximum absolute atomic E-state index is 5.91. The Morgan fingerprint density at radius 3 is 3.21 bits per heavy atom. The van der Waals surface area contributed by atoms with Crippen molar-refractivity contribution < 1.29 is 9.26 Å². The zero-order chi connectivity index (χ0) is 12.7. The molecule has 1 aromatic rings. The number of morpholine rings is 1. The number of aromatic nitrogens is 2. The van der Waals surface area contributed by atoms with Gasteiger partial charge in [-0.3, -0.25) is 4.90 Å². The van der Waals surface area contributed by atoms with Gasteiger partial charge in [0.05, 0.1) is 12.5 Å². The summed E-state index contributed by atoms with van der Waals surface area (Å²) in [5.74, 6) is 1.88. The number of fused-ring (bicyclic) bond motifs is 1. The molecule has 0 saturated carbocycles. The summed E-state index contributed by atoms with van der Waals surface area (Å²) in [6, 6.07) is 0.613. The molecule has 1 aromatic heterocycles. The molecule has 4 rings (SSSR count). The van der Waals surface area contributed by atoms with Crippen LogP contribution in [0.25, 0.3) is 0 Å². The molecule has 6 heteroatoms. The molecule has 3 unspecified atom stereocenters. The van der Waals surface area contributed by atoms with Crippen LogP contribution in [0, 0.1) is 0 Å². The molecule has 6 nitrogen and oxygen atoms in total. The number of nitrogens with one attached hydrogen (secondary N) is 1. The third kappa shape index (κ3) is 2.17. The van der Waals surface area contributed by atoms with Gasteiger partial charge in [-0.2, -0.15) is 4.98 Å². The van der Waals surface area contributed by atoms with Crippen molar-refractivity contribution in [3.8, 4) is 0 Å². The minimum atomic E-state index is -0.0128. The van der Waals surface area contributed by atoms with Crippen LogP contribution in [0.4, 0.5) is 0 Å². The number of hydrogen-bond donors (Lipinski definition) is 1. The van der Waals surface area contributed by atoms with Gasteiger partial charge in [0, 0.05) is 19.1 Å². The van der Waals surface area contributed by atoms with Crippen LogP contribution in [0.15, 0.2) is 4.52 Å². The molecule has 0 spiro atoms. The van der Waals surface area contributed by atoms with Crippen molar-refractivity contribution in [2.45, 2.75) is 37.3 Å². The van der Waals surface area contributed by atoms with E-state index >= 15 is 0 Å². The SMILES string of the molecule is C1CC2COC(c3noc(C4CCNC4)n3)CN2C1. The normalized spacial score (nSPS) is 35.7. The monoisotopic (exact) mass is 264 g/mol. The molecule has 3 atom stereocenters. The van der Waals surface area contributed by atoms with E-state index in [1.54, 1.807) is 0 Å². The number of hydrogen-bond acceptors (Lipinski definition) is 6. The average Bonchev–Trinajstić information content (AvgIpc) is 3.18. The Labute approximate surface area is 112 Å². The first-order valence-electron chi connectivity index (χ1n) is 7.30. The maximum Gasteiger partial charge on any atom is 0.231 e. The predicted octanol–water partition coefficient (Wildman–Crippen LogP) is 0.682. The summed E-state index contributed by atoms with van der Waals surface area (Å²) in [4.78, 5) is 7.06. The van der Waals surface area contributed by atoms with Gasteiger partial charge in [-0.05, 0) is 32.4 Å². The van der Waals surface area contributed by atoms with Crippen LogP contribution < -0.4 is 5.32 Å². The van der Waals surface area contributed by atoms with Gasteiger partial charge >= 0.3 is 0 Å². The lowest BCUT2D eigenvalue weighted by molar-refractivity contribution is -0.0548. The number of nitrogens with zero attached hydrogens (tertiary/aromatic N) is 3. The van der Waals surface area contributed by atoms with Crippen LogP contribution in [0.1, 0.15) is 43.0 Å². The molecule has 0 amide bonds. The predicted molar refractivity (Wildman–Crippen MR) is 67.8 cm³/mol. The fourth-order valence-electron chi connectivity index (χ4n) is 3.38. The lowest BCUT2D eigenvalue weighted by atomic mass is 10.1. The minimum Gasteiger partial charge on any atom is -0.367 e. The van der Waals surface area contributed by atoms with Crippen LogP contribution in [0.2, 0.25) is 0 Å². The summed E-state index contributed by atoms with van der Waals surface area (Å²) < 4.78 is 11.3. The molecule has 3 fully saturated rings. The van der Waals surface area contributed by atoms with Crippen molar-refractivity contribution in [3.05, 3.63) is 11.7 Å². The first-order chi connectivity index (χ1) is 9.40. The molecule has 0 aliphatic carbocycles. The smallest absolute Gasteiger partial charge is 0.231 e. The van der Waals surface area contributed by atoms with E-state index in [-0.39, 0.29) is 6.10 Å². The molecule has 3 aliphatic heterocycles. The Morgan fingerprint density at radius 2 is 2.32 bits per heavy atom. The first kappa shape index (κ1) is 11.8. The highest BCUT2D eigenvalue weighted by Crippen LogP contribution is 2.30. The van der Waals surface area contributed by atoms with E-state index < -0.39 is 0 Å². The van der Waals surface area contributed by atoms with E-state index in [0.29, 0.717) is 12.0 Å². The Balaban J connectivity index is 1.47. The lowest BCUT2D eigenvalue weighted by Crippen LogP contribution is -2.42. The van der Waals surface area contributed by atoms with Gasteiger partial charge in [0.25, 0.3) is 0 Å². The topological polar surface area (TPSA) is 63.4 Å².